The minimum atomic E-state index is -3.64. The minimum absolute atomic E-state index is 0.0329. The molecule has 11 heteroatoms. The molecule has 2 aromatic rings. The summed E-state index contributed by atoms with van der Waals surface area (Å²) < 4.78 is 31.7. The maximum atomic E-state index is 13.5. The maximum Gasteiger partial charge on any atom is 0.242 e. The number of benzene rings is 2. The summed E-state index contributed by atoms with van der Waals surface area (Å²) in [5, 5.41) is 3.79. The lowest BCUT2D eigenvalue weighted by atomic mass is 10.1. The highest BCUT2D eigenvalue weighted by molar-refractivity contribution is 7.92. The number of para-hydroxylation sites is 2. The van der Waals surface area contributed by atoms with Crippen molar-refractivity contribution >= 4 is 50.7 Å². The highest BCUT2D eigenvalue weighted by Gasteiger charge is 2.29. The van der Waals surface area contributed by atoms with Gasteiger partial charge >= 0.3 is 0 Å². The van der Waals surface area contributed by atoms with Crippen LogP contribution in [-0.4, -0.2) is 57.6 Å². The summed E-state index contributed by atoms with van der Waals surface area (Å²) in [4.78, 5) is 28.1. The number of carbonyl (C=O) groups excluding carboxylic acids is 2. The molecule has 1 atom stereocenters. The number of unbranched alkanes of at least 4 members (excludes halogenated alkanes) is 1. The number of hydrogen-bond donors (Lipinski definition) is 1. The molecule has 2 aromatic carbocycles. The molecular formula is C27H37Cl2N3O5S. The number of ether oxygens (including phenoxy) is 1. The van der Waals surface area contributed by atoms with Gasteiger partial charge in [-0.2, -0.15) is 0 Å². The Labute approximate surface area is 236 Å². The van der Waals surface area contributed by atoms with Crippen molar-refractivity contribution in [2.75, 3.05) is 30.8 Å². The van der Waals surface area contributed by atoms with Gasteiger partial charge in [0.15, 0.2) is 0 Å². The molecule has 2 amide bonds. The number of halogens is 2. The zero-order chi connectivity index (χ0) is 28.3. The van der Waals surface area contributed by atoms with Gasteiger partial charge in [0.05, 0.1) is 19.1 Å². The van der Waals surface area contributed by atoms with Gasteiger partial charge in [-0.25, -0.2) is 8.42 Å². The summed E-state index contributed by atoms with van der Waals surface area (Å²) in [6.07, 6.45) is 3.57. The Morgan fingerprint density at radius 3 is 2.39 bits per heavy atom. The standard InChI is InChI=1S/C27H37Cl2N3O5S/c1-5-7-16-30-27(34)23(6-2)31(19-20-14-15-21(28)18-22(20)29)26(33)13-10-17-32(38(4,35)36)24-11-8-9-12-25(24)37-3/h8-9,11-12,14-15,18,23H,5-7,10,13,16-17,19H2,1-4H3,(H,30,34)/t23-/m0/s1. The molecule has 0 aliphatic rings. The van der Waals surface area contributed by atoms with Crippen molar-refractivity contribution in [2.24, 2.45) is 0 Å². The van der Waals surface area contributed by atoms with Gasteiger partial charge in [-0.3, -0.25) is 13.9 Å². The molecular weight excluding hydrogens is 549 g/mol. The van der Waals surface area contributed by atoms with Crippen LogP contribution in [-0.2, 0) is 26.2 Å². The predicted molar refractivity (Wildman–Crippen MR) is 153 cm³/mol. The van der Waals surface area contributed by atoms with Crippen LogP contribution in [0.4, 0.5) is 5.69 Å². The summed E-state index contributed by atoms with van der Waals surface area (Å²) in [6, 6.07) is 11.1. The molecule has 0 saturated heterocycles. The monoisotopic (exact) mass is 585 g/mol. The van der Waals surface area contributed by atoms with Crippen LogP contribution in [0, 0.1) is 0 Å². The lowest BCUT2D eigenvalue weighted by Crippen LogP contribution is -2.49. The minimum Gasteiger partial charge on any atom is -0.495 e. The molecule has 0 unspecified atom stereocenters. The zero-order valence-electron chi connectivity index (χ0n) is 22.4. The second-order valence-corrected chi connectivity index (χ2v) is 11.7. The fraction of sp³-hybridized carbons (Fsp3) is 0.481. The number of methoxy groups -OCH3 is 1. The topological polar surface area (TPSA) is 96.0 Å². The van der Waals surface area contributed by atoms with E-state index in [1.54, 1.807) is 42.5 Å². The second kappa shape index (κ2) is 15.2. The van der Waals surface area contributed by atoms with E-state index in [4.69, 9.17) is 27.9 Å². The summed E-state index contributed by atoms with van der Waals surface area (Å²) in [6.45, 7) is 4.60. The van der Waals surface area contributed by atoms with Crippen LogP contribution in [0.1, 0.15) is 51.5 Å². The van der Waals surface area contributed by atoms with Crippen molar-refractivity contribution in [3.63, 3.8) is 0 Å². The van der Waals surface area contributed by atoms with Gasteiger partial charge < -0.3 is 15.0 Å². The fourth-order valence-electron chi connectivity index (χ4n) is 4.08. The van der Waals surface area contributed by atoms with Gasteiger partial charge in [0, 0.05) is 36.1 Å². The first-order chi connectivity index (χ1) is 18.0. The van der Waals surface area contributed by atoms with Crippen molar-refractivity contribution < 1.29 is 22.7 Å². The lowest BCUT2D eigenvalue weighted by molar-refractivity contribution is -0.141. The molecule has 8 nitrogen and oxygen atoms in total. The number of sulfonamides is 1. The summed E-state index contributed by atoms with van der Waals surface area (Å²) >= 11 is 12.4. The van der Waals surface area contributed by atoms with Crippen molar-refractivity contribution in [3.8, 4) is 5.75 Å². The molecule has 38 heavy (non-hydrogen) atoms. The molecule has 0 aliphatic carbocycles. The Morgan fingerprint density at radius 1 is 1.08 bits per heavy atom. The van der Waals surface area contributed by atoms with E-state index in [1.807, 2.05) is 13.8 Å². The lowest BCUT2D eigenvalue weighted by Gasteiger charge is -2.31. The third-order valence-corrected chi connectivity index (χ3v) is 7.84. The first kappa shape index (κ1) is 31.7. The van der Waals surface area contributed by atoms with Crippen molar-refractivity contribution in [1.29, 1.82) is 0 Å². The van der Waals surface area contributed by atoms with E-state index in [1.165, 1.54) is 16.3 Å². The van der Waals surface area contributed by atoms with Crippen LogP contribution in [0.25, 0.3) is 0 Å². The Kier molecular flexibility index (Phi) is 12.7. The molecule has 0 aliphatic heterocycles. The normalized spacial score (nSPS) is 12.1. The SMILES string of the molecule is CCCCNC(=O)[C@H](CC)N(Cc1ccc(Cl)cc1Cl)C(=O)CCCN(c1ccccc1OC)S(C)(=O)=O. The molecule has 2 rings (SSSR count). The zero-order valence-corrected chi connectivity index (χ0v) is 24.7. The Balaban J connectivity index is 2.26. The van der Waals surface area contributed by atoms with E-state index in [0.717, 1.165) is 19.1 Å². The number of amides is 2. The highest BCUT2D eigenvalue weighted by Crippen LogP contribution is 2.30. The summed E-state index contributed by atoms with van der Waals surface area (Å²) in [5.74, 6) is -0.0915. The van der Waals surface area contributed by atoms with Crippen molar-refractivity contribution in [1.82, 2.24) is 10.2 Å². The number of nitrogens with one attached hydrogen (secondary N) is 1. The average Bonchev–Trinajstić information content (AvgIpc) is 2.87. The van der Waals surface area contributed by atoms with Crippen molar-refractivity contribution in [2.45, 2.75) is 58.5 Å². The predicted octanol–water partition coefficient (Wildman–Crippen LogP) is 5.27. The maximum absolute atomic E-state index is 13.5. The number of carbonyl (C=O) groups is 2. The van der Waals surface area contributed by atoms with E-state index in [2.05, 4.69) is 5.32 Å². The van der Waals surface area contributed by atoms with E-state index < -0.39 is 16.1 Å². The number of rotatable bonds is 15. The fourth-order valence-corrected chi connectivity index (χ4v) is 5.51. The first-order valence-corrected chi connectivity index (χ1v) is 15.3. The number of anilines is 1. The van der Waals surface area contributed by atoms with E-state index in [0.29, 0.717) is 40.0 Å². The smallest absolute Gasteiger partial charge is 0.242 e. The Morgan fingerprint density at radius 2 is 1.79 bits per heavy atom. The molecule has 0 spiro atoms. The van der Waals surface area contributed by atoms with Crippen LogP contribution in [0.3, 0.4) is 0 Å². The summed E-state index contributed by atoms with van der Waals surface area (Å²) in [5.41, 5.74) is 1.06. The number of nitrogens with zero attached hydrogens (tertiary/aromatic N) is 2. The van der Waals surface area contributed by atoms with Gasteiger partial charge in [-0.15, -0.1) is 0 Å². The third-order valence-electron chi connectivity index (χ3n) is 6.08. The highest BCUT2D eigenvalue weighted by atomic mass is 35.5. The van der Waals surface area contributed by atoms with Crippen LogP contribution < -0.4 is 14.4 Å². The molecule has 0 bridgehead atoms. The van der Waals surface area contributed by atoms with Crippen LogP contribution in [0.15, 0.2) is 42.5 Å². The second-order valence-electron chi connectivity index (χ2n) is 8.94. The third kappa shape index (κ3) is 9.06. The summed E-state index contributed by atoms with van der Waals surface area (Å²) in [7, 11) is -2.17. The quantitative estimate of drug-likeness (QED) is 0.287. The number of hydrogen-bond acceptors (Lipinski definition) is 5. The molecule has 1 N–H and O–H groups in total. The van der Waals surface area contributed by atoms with Gasteiger partial charge in [0.1, 0.15) is 11.8 Å². The van der Waals surface area contributed by atoms with Gasteiger partial charge in [0.2, 0.25) is 21.8 Å². The van der Waals surface area contributed by atoms with Crippen LogP contribution >= 0.6 is 23.2 Å². The van der Waals surface area contributed by atoms with E-state index in [-0.39, 0.29) is 37.7 Å². The largest absolute Gasteiger partial charge is 0.495 e. The van der Waals surface area contributed by atoms with Crippen molar-refractivity contribution in [3.05, 3.63) is 58.1 Å². The van der Waals surface area contributed by atoms with Gasteiger partial charge in [-0.1, -0.05) is 61.7 Å². The molecule has 0 saturated carbocycles. The molecule has 0 fully saturated rings. The molecule has 210 valence electrons. The van der Waals surface area contributed by atoms with E-state index in [9.17, 15) is 18.0 Å². The van der Waals surface area contributed by atoms with E-state index >= 15 is 0 Å². The van der Waals surface area contributed by atoms with Crippen LogP contribution in [0.5, 0.6) is 5.75 Å². The Bertz CT molecular complexity index is 1190. The van der Waals surface area contributed by atoms with Crippen LogP contribution in [0.2, 0.25) is 10.0 Å². The first-order valence-electron chi connectivity index (χ1n) is 12.6. The average molecular weight is 587 g/mol. The van der Waals surface area contributed by atoms with Gasteiger partial charge in [0.25, 0.3) is 0 Å². The molecule has 0 radical (unpaired) electrons. The van der Waals surface area contributed by atoms with Gasteiger partial charge in [-0.05, 0) is 49.1 Å². The Hall–Kier alpha value is -2.49. The molecule has 0 heterocycles. The molecule has 0 aromatic heterocycles.